The van der Waals surface area contributed by atoms with Crippen molar-refractivity contribution in [2.75, 3.05) is 5.75 Å². The number of aromatic nitrogens is 3. The summed E-state index contributed by atoms with van der Waals surface area (Å²) in [6.45, 7) is 0.313. The van der Waals surface area contributed by atoms with Crippen molar-refractivity contribution in [1.82, 2.24) is 20.1 Å². The Bertz CT molecular complexity index is 543. The molecule has 3 N–H and O–H groups in total. The van der Waals surface area contributed by atoms with Gasteiger partial charge in [0.2, 0.25) is 5.91 Å². The number of carbonyl (C=O) groups excluding carboxylic acids is 1. The van der Waals surface area contributed by atoms with Crippen LogP contribution < -0.4 is 11.1 Å². The van der Waals surface area contributed by atoms with Gasteiger partial charge in [-0.05, 0) is 12.8 Å². The summed E-state index contributed by atoms with van der Waals surface area (Å²) in [6.07, 6.45) is 4.59. The van der Waals surface area contributed by atoms with Gasteiger partial charge >= 0.3 is 0 Å². The lowest BCUT2D eigenvalue weighted by molar-refractivity contribution is -0.120. The van der Waals surface area contributed by atoms with Gasteiger partial charge in [0.1, 0.15) is 11.4 Å². The Morgan fingerprint density at radius 2 is 2.19 bits per heavy atom. The van der Waals surface area contributed by atoms with Gasteiger partial charge < -0.3 is 15.6 Å². The van der Waals surface area contributed by atoms with Crippen molar-refractivity contribution in [3.05, 3.63) is 5.82 Å². The summed E-state index contributed by atoms with van der Waals surface area (Å²) in [4.78, 5) is 12.1. The Kier molecular flexibility index (Phi) is 5.20. The summed E-state index contributed by atoms with van der Waals surface area (Å²) in [7, 11) is 1.82. The summed E-state index contributed by atoms with van der Waals surface area (Å²) >= 11 is 1.30. The van der Waals surface area contributed by atoms with E-state index in [4.69, 9.17) is 5.73 Å². The molecule has 2 rings (SSSR count). The van der Waals surface area contributed by atoms with Crippen molar-refractivity contribution in [3.63, 3.8) is 0 Å². The van der Waals surface area contributed by atoms with Gasteiger partial charge in [-0.15, -0.1) is 10.2 Å². The third-order valence-corrected chi connectivity index (χ3v) is 4.76. The summed E-state index contributed by atoms with van der Waals surface area (Å²) < 4.78 is 1.78. The molecule has 0 atom stereocenters. The number of nitrogens with zero attached hydrogens (tertiary/aromatic N) is 4. The van der Waals surface area contributed by atoms with Crippen molar-refractivity contribution in [2.24, 2.45) is 12.8 Å². The van der Waals surface area contributed by atoms with Crippen LogP contribution in [0.4, 0.5) is 0 Å². The molecule has 0 radical (unpaired) electrons. The Labute approximate surface area is 128 Å². The Hall–Kier alpha value is -1.59. The van der Waals surface area contributed by atoms with E-state index in [1.807, 2.05) is 7.05 Å². The third kappa shape index (κ3) is 3.74. The fourth-order valence-corrected chi connectivity index (χ4v) is 3.23. The first-order valence-corrected chi connectivity index (χ1v) is 8.02. The van der Waals surface area contributed by atoms with E-state index in [1.54, 1.807) is 4.57 Å². The molecule has 1 aromatic rings. The van der Waals surface area contributed by atoms with Crippen molar-refractivity contribution in [1.29, 1.82) is 5.26 Å². The normalized spacial score (nSPS) is 17.2. The number of nitriles is 1. The molecule has 7 nitrogen and oxygen atoms in total. The second-order valence-corrected chi connectivity index (χ2v) is 6.20. The molecule has 8 heteroatoms. The first-order chi connectivity index (χ1) is 10.1. The molecule has 1 aromatic heterocycles. The lowest BCUT2D eigenvalue weighted by Crippen LogP contribution is -2.49. The molecule has 0 unspecified atom stereocenters. The van der Waals surface area contributed by atoms with Gasteiger partial charge in [0.15, 0.2) is 5.16 Å². The molecule has 1 amide bonds. The van der Waals surface area contributed by atoms with E-state index in [9.17, 15) is 10.1 Å². The molecule has 0 saturated heterocycles. The summed E-state index contributed by atoms with van der Waals surface area (Å²) in [6, 6.07) is 2.28. The highest BCUT2D eigenvalue weighted by molar-refractivity contribution is 7.99. The molecule has 0 spiro atoms. The zero-order valence-electron chi connectivity index (χ0n) is 12.1. The van der Waals surface area contributed by atoms with E-state index in [-0.39, 0.29) is 11.7 Å². The molecule has 21 heavy (non-hydrogen) atoms. The van der Waals surface area contributed by atoms with E-state index in [2.05, 4.69) is 21.6 Å². The highest BCUT2D eigenvalue weighted by Crippen LogP contribution is 2.27. The lowest BCUT2D eigenvalue weighted by atomic mass is 9.83. The topological polar surface area (TPSA) is 110 Å². The predicted octanol–water partition coefficient (Wildman–Crippen LogP) is 0.709. The maximum absolute atomic E-state index is 12.1. The monoisotopic (exact) mass is 308 g/mol. The van der Waals surface area contributed by atoms with Crippen LogP contribution in [0.15, 0.2) is 5.16 Å². The largest absolute Gasteiger partial charge is 0.337 e. The van der Waals surface area contributed by atoms with Crippen LogP contribution in [-0.4, -0.2) is 32.0 Å². The number of rotatable bonds is 5. The summed E-state index contributed by atoms with van der Waals surface area (Å²) in [5.74, 6) is 0.763. The number of nitrogens with one attached hydrogen (secondary N) is 1. The minimum atomic E-state index is -0.682. The number of thioether (sulfide) groups is 1. The van der Waals surface area contributed by atoms with Crippen LogP contribution in [0.25, 0.3) is 0 Å². The summed E-state index contributed by atoms with van der Waals surface area (Å²) in [5.41, 5.74) is 4.85. The average molecular weight is 308 g/mol. The van der Waals surface area contributed by atoms with Gasteiger partial charge in [-0.3, -0.25) is 4.79 Å². The van der Waals surface area contributed by atoms with Crippen LogP contribution in [0.2, 0.25) is 0 Å². The van der Waals surface area contributed by atoms with Crippen LogP contribution in [0.5, 0.6) is 0 Å². The Morgan fingerprint density at radius 1 is 1.48 bits per heavy atom. The quantitative estimate of drug-likeness (QED) is 0.775. The van der Waals surface area contributed by atoms with E-state index >= 15 is 0 Å². The fourth-order valence-electron chi connectivity index (χ4n) is 2.50. The maximum atomic E-state index is 12.1. The molecule has 1 saturated carbocycles. The van der Waals surface area contributed by atoms with E-state index in [0.29, 0.717) is 17.5 Å². The molecular formula is C13H20N6OS. The van der Waals surface area contributed by atoms with E-state index in [0.717, 1.165) is 32.1 Å². The van der Waals surface area contributed by atoms with Crippen LogP contribution in [0, 0.1) is 11.3 Å². The molecule has 0 aliphatic heterocycles. The van der Waals surface area contributed by atoms with E-state index < -0.39 is 5.54 Å². The number of nitrogens with two attached hydrogens (primary N) is 1. The second-order valence-electron chi connectivity index (χ2n) is 5.25. The van der Waals surface area contributed by atoms with Crippen molar-refractivity contribution >= 4 is 17.7 Å². The molecule has 1 aliphatic carbocycles. The van der Waals surface area contributed by atoms with Crippen LogP contribution in [0.3, 0.4) is 0 Å². The third-order valence-electron chi connectivity index (χ3n) is 3.74. The molecule has 1 aliphatic rings. The van der Waals surface area contributed by atoms with Crippen molar-refractivity contribution in [2.45, 2.75) is 49.3 Å². The van der Waals surface area contributed by atoms with Gasteiger partial charge in [0, 0.05) is 7.05 Å². The Morgan fingerprint density at radius 3 is 2.76 bits per heavy atom. The Balaban J connectivity index is 1.89. The van der Waals surface area contributed by atoms with Crippen LogP contribution in [0.1, 0.15) is 37.9 Å². The summed E-state index contributed by atoms with van der Waals surface area (Å²) in [5, 5.41) is 20.8. The highest BCUT2D eigenvalue weighted by Gasteiger charge is 2.33. The van der Waals surface area contributed by atoms with Gasteiger partial charge in [0.05, 0.1) is 18.4 Å². The molecular weight excluding hydrogens is 288 g/mol. The predicted molar refractivity (Wildman–Crippen MR) is 79.2 cm³/mol. The molecule has 0 bridgehead atoms. The van der Waals surface area contributed by atoms with Crippen molar-refractivity contribution in [3.8, 4) is 6.07 Å². The smallest absolute Gasteiger partial charge is 0.231 e. The van der Waals surface area contributed by atoms with Crippen molar-refractivity contribution < 1.29 is 4.79 Å². The van der Waals surface area contributed by atoms with E-state index in [1.165, 1.54) is 11.8 Å². The van der Waals surface area contributed by atoms with Crippen LogP contribution >= 0.6 is 11.8 Å². The van der Waals surface area contributed by atoms with Gasteiger partial charge in [-0.1, -0.05) is 31.0 Å². The number of hydrogen-bond acceptors (Lipinski definition) is 6. The highest BCUT2D eigenvalue weighted by atomic mass is 32.2. The van der Waals surface area contributed by atoms with Crippen LogP contribution in [-0.2, 0) is 18.4 Å². The SMILES string of the molecule is Cn1c(CN)nnc1SCC(=O)NC1(C#N)CCCCC1. The lowest BCUT2D eigenvalue weighted by Gasteiger charge is -2.31. The minimum Gasteiger partial charge on any atom is -0.337 e. The zero-order chi connectivity index (χ0) is 15.3. The molecule has 1 heterocycles. The average Bonchev–Trinajstić information content (AvgIpc) is 2.86. The van der Waals surface area contributed by atoms with Gasteiger partial charge in [-0.25, -0.2) is 0 Å². The zero-order valence-corrected chi connectivity index (χ0v) is 12.9. The van der Waals surface area contributed by atoms with Gasteiger partial charge in [0.25, 0.3) is 0 Å². The fraction of sp³-hybridized carbons (Fsp3) is 0.692. The second kappa shape index (κ2) is 6.91. The molecule has 0 aromatic carbocycles. The number of amides is 1. The first kappa shape index (κ1) is 15.8. The van der Waals surface area contributed by atoms with Gasteiger partial charge in [-0.2, -0.15) is 5.26 Å². The number of carbonyl (C=O) groups is 1. The minimum absolute atomic E-state index is 0.138. The molecule has 1 fully saturated rings. The standard InChI is InChI=1S/C13H20N6OS/c1-19-10(7-14)17-18-12(19)21-8-11(20)16-13(9-15)5-3-2-4-6-13/h2-8,14H2,1H3,(H,16,20). The first-order valence-electron chi connectivity index (χ1n) is 7.03. The maximum Gasteiger partial charge on any atom is 0.231 e. The molecule has 114 valence electrons. The number of hydrogen-bond donors (Lipinski definition) is 2.